The Bertz CT molecular complexity index is 781. The highest BCUT2D eigenvalue weighted by Crippen LogP contribution is 2.22. The first-order chi connectivity index (χ1) is 13.3. The molecule has 0 bridgehead atoms. The zero-order chi connectivity index (χ0) is 20.5. The van der Waals surface area contributed by atoms with Gasteiger partial charge in [-0.15, -0.1) is 0 Å². The minimum atomic E-state index is -0.771. The van der Waals surface area contributed by atoms with E-state index in [1.165, 1.54) is 46.7 Å². The smallest absolute Gasteiger partial charge is 0.407 e. The first-order valence-corrected chi connectivity index (χ1v) is 9.47. The van der Waals surface area contributed by atoms with Crippen LogP contribution < -0.4 is 5.73 Å². The van der Waals surface area contributed by atoms with Crippen LogP contribution in [0.3, 0.4) is 0 Å². The average molecular weight is 384 g/mol. The van der Waals surface area contributed by atoms with Crippen molar-refractivity contribution in [2.45, 2.75) is 32.6 Å². The fraction of sp³-hybridized carbons (Fsp3) is 0.364. The van der Waals surface area contributed by atoms with E-state index < -0.39 is 12.0 Å². The van der Waals surface area contributed by atoms with E-state index in [0.29, 0.717) is 24.6 Å². The number of rotatable bonds is 4. The number of phenols is 1. The van der Waals surface area contributed by atoms with E-state index in [0.717, 1.165) is 19.3 Å². The minimum Gasteiger partial charge on any atom is -0.508 e. The maximum absolute atomic E-state index is 10.8. The van der Waals surface area contributed by atoms with Gasteiger partial charge in [0.2, 0.25) is 5.91 Å². The average Bonchev–Trinajstić information content (AvgIpc) is 2.67. The summed E-state index contributed by atoms with van der Waals surface area (Å²) >= 11 is 0. The second-order valence-electron chi connectivity index (χ2n) is 7.15. The summed E-state index contributed by atoms with van der Waals surface area (Å²) < 4.78 is 0. The van der Waals surface area contributed by atoms with Gasteiger partial charge in [-0.1, -0.05) is 29.8 Å². The van der Waals surface area contributed by atoms with E-state index >= 15 is 0 Å². The van der Waals surface area contributed by atoms with Crippen molar-refractivity contribution in [1.82, 2.24) is 4.90 Å². The predicted octanol–water partition coefficient (Wildman–Crippen LogP) is 3.81. The van der Waals surface area contributed by atoms with E-state index in [2.05, 4.69) is 31.2 Å². The number of hydrogen-bond acceptors (Lipinski definition) is 3. The summed E-state index contributed by atoms with van der Waals surface area (Å²) in [7, 11) is 0. The molecule has 1 fully saturated rings. The van der Waals surface area contributed by atoms with Gasteiger partial charge in [0, 0.05) is 18.7 Å². The Labute approximate surface area is 165 Å². The van der Waals surface area contributed by atoms with Gasteiger partial charge in [-0.25, -0.2) is 4.79 Å². The summed E-state index contributed by atoms with van der Waals surface area (Å²) in [4.78, 5) is 22.8. The number of carboxylic acid groups (broad SMARTS) is 1. The largest absolute Gasteiger partial charge is 0.508 e. The van der Waals surface area contributed by atoms with Gasteiger partial charge in [-0.05, 0) is 68.4 Å². The highest BCUT2D eigenvalue weighted by Gasteiger charge is 2.21. The van der Waals surface area contributed by atoms with Crippen LogP contribution in [0.25, 0.3) is 0 Å². The number of nitrogens with zero attached hydrogens (tertiary/aromatic N) is 1. The lowest BCUT2D eigenvalue weighted by Crippen LogP contribution is -2.37. The number of primary amides is 1. The van der Waals surface area contributed by atoms with E-state index in [4.69, 9.17) is 15.9 Å². The van der Waals surface area contributed by atoms with Crippen LogP contribution in [0.4, 0.5) is 4.79 Å². The molecule has 0 aromatic heterocycles. The Morgan fingerprint density at radius 2 is 1.75 bits per heavy atom. The summed E-state index contributed by atoms with van der Waals surface area (Å²) in [5, 5.41) is 17.7. The van der Waals surface area contributed by atoms with Crippen LogP contribution in [0.1, 0.15) is 40.7 Å². The Kier molecular flexibility index (Phi) is 7.87. The Balaban J connectivity index is 0.000000237. The van der Waals surface area contributed by atoms with Gasteiger partial charge in [0.05, 0.1) is 0 Å². The maximum atomic E-state index is 10.8. The molecule has 3 rings (SSSR count). The Morgan fingerprint density at radius 1 is 1.11 bits per heavy atom. The molecule has 28 heavy (non-hydrogen) atoms. The molecular weight excluding hydrogens is 356 g/mol. The molecule has 2 amide bonds. The fourth-order valence-electron chi connectivity index (χ4n) is 3.28. The predicted molar refractivity (Wildman–Crippen MR) is 108 cm³/mol. The van der Waals surface area contributed by atoms with Gasteiger partial charge >= 0.3 is 6.09 Å². The van der Waals surface area contributed by atoms with E-state index in [9.17, 15) is 9.59 Å². The van der Waals surface area contributed by atoms with E-state index in [1.807, 2.05) is 0 Å². The van der Waals surface area contributed by atoms with Gasteiger partial charge < -0.3 is 20.8 Å². The lowest BCUT2D eigenvalue weighted by atomic mass is 9.90. The van der Waals surface area contributed by atoms with Crippen molar-refractivity contribution < 1.29 is 19.8 Å². The number of carbonyl (C=O) groups excluding carboxylic acids is 1. The molecular formula is C22H28N2O4. The Hall–Kier alpha value is -3.02. The lowest BCUT2D eigenvalue weighted by molar-refractivity contribution is 0.1000. The third-order valence-corrected chi connectivity index (χ3v) is 4.96. The molecule has 1 aliphatic heterocycles. The normalized spacial score (nSPS) is 14.1. The van der Waals surface area contributed by atoms with Crippen LogP contribution in [0.2, 0.25) is 0 Å². The number of likely N-dealkylation sites (tertiary alicyclic amines) is 1. The third-order valence-electron chi connectivity index (χ3n) is 4.96. The van der Waals surface area contributed by atoms with Crippen LogP contribution in [0.5, 0.6) is 5.75 Å². The van der Waals surface area contributed by atoms with E-state index in [-0.39, 0.29) is 5.75 Å². The highest BCUT2D eigenvalue weighted by molar-refractivity contribution is 5.92. The van der Waals surface area contributed by atoms with Gasteiger partial charge in [0.15, 0.2) is 0 Å². The molecule has 0 unspecified atom stereocenters. The number of amides is 2. The monoisotopic (exact) mass is 384 g/mol. The van der Waals surface area contributed by atoms with Gasteiger partial charge in [-0.3, -0.25) is 4.79 Å². The van der Waals surface area contributed by atoms with Crippen LogP contribution >= 0.6 is 0 Å². The molecule has 150 valence electrons. The number of carbonyl (C=O) groups is 2. The number of aromatic hydroxyl groups is 1. The molecule has 1 saturated heterocycles. The van der Waals surface area contributed by atoms with Crippen molar-refractivity contribution >= 4 is 12.0 Å². The van der Waals surface area contributed by atoms with Crippen molar-refractivity contribution in [1.29, 1.82) is 0 Å². The Morgan fingerprint density at radius 3 is 2.29 bits per heavy atom. The number of piperidine rings is 1. The third kappa shape index (κ3) is 6.95. The van der Waals surface area contributed by atoms with Crippen LogP contribution in [-0.2, 0) is 6.42 Å². The summed E-state index contributed by atoms with van der Waals surface area (Å²) in [6.07, 6.45) is 3.54. The molecule has 6 nitrogen and oxygen atoms in total. The molecule has 2 aromatic carbocycles. The summed E-state index contributed by atoms with van der Waals surface area (Å²) in [6, 6.07) is 14.4. The molecule has 6 heteroatoms. The van der Waals surface area contributed by atoms with Gasteiger partial charge in [0.1, 0.15) is 5.75 Å². The number of aryl methyl sites for hydroxylation is 2. The lowest BCUT2D eigenvalue weighted by Gasteiger charge is -2.29. The number of nitrogens with two attached hydrogens (primary N) is 1. The molecule has 1 aliphatic rings. The summed E-state index contributed by atoms with van der Waals surface area (Å²) in [6.45, 7) is 3.52. The maximum Gasteiger partial charge on any atom is 0.407 e. The molecule has 0 radical (unpaired) electrons. The summed E-state index contributed by atoms with van der Waals surface area (Å²) in [5.41, 5.74) is 8.06. The standard InChI is InChI=1S/C15H21NO2.C7H7NO2/c1-12-3-2-4-14(11-12)6-5-13-7-9-16(10-8-13)15(17)18;8-7(10)5-1-3-6(9)4-2-5/h2-4,11,13H,5-10H2,1H3,(H,17,18);1-4,9H,(H2,8,10). The zero-order valence-electron chi connectivity index (χ0n) is 16.2. The molecule has 2 aromatic rings. The fourth-order valence-corrected chi connectivity index (χ4v) is 3.28. The van der Waals surface area contributed by atoms with Crippen molar-refractivity contribution in [3.05, 3.63) is 65.2 Å². The molecule has 1 heterocycles. The first kappa shape index (κ1) is 21.3. The topological polar surface area (TPSA) is 104 Å². The summed E-state index contributed by atoms with van der Waals surface area (Å²) in [5.74, 6) is 0.325. The van der Waals surface area contributed by atoms with Gasteiger partial charge in [-0.2, -0.15) is 0 Å². The molecule has 0 saturated carbocycles. The number of phenolic OH excluding ortho intramolecular Hbond substituents is 1. The second kappa shape index (κ2) is 10.3. The van der Waals surface area contributed by atoms with Crippen LogP contribution in [-0.4, -0.2) is 40.2 Å². The van der Waals surface area contributed by atoms with Crippen LogP contribution in [0, 0.1) is 12.8 Å². The van der Waals surface area contributed by atoms with Crippen molar-refractivity contribution in [2.75, 3.05) is 13.1 Å². The molecule has 0 atom stereocenters. The van der Waals surface area contributed by atoms with Gasteiger partial charge in [0.25, 0.3) is 0 Å². The van der Waals surface area contributed by atoms with Crippen molar-refractivity contribution in [2.24, 2.45) is 11.7 Å². The second-order valence-corrected chi connectivity index (χ2v) is 7.15. The minimum absolute atomic E-state index is 0.130. The highest BCUT2D eigenvalue weighted by atomic mass is 16.4. The van der Waals surface area contributed by atoms with Crippen molar-refractivity contribution in [3.8, 4) is 5.75 Å². The number of hydrogen-bond donors (Lipinski definition) is 3. The number of benzene rings is 2. The molecule has 4 N–H and O–H groups in total. The molecule has 0 aliphatic carbocycles. The van der Waals surface area contributed by atoms with Crippen molar-refractivity contribution in [3.63, 3.8) is 0 Å². The van der Waals surface area contributed by atoms with E-state index in [1.54, 1.807) is 0 Å². The van der Waals surface area contributed by atoms with Crippen LogP contribution in [0.15, 0.2) is 48.5 Å². The first-order valence-electron chi connectivity index (χ1n) is 9.47. The quantitative estimate of drug-likeness (QED) is 0.745. The zero-order valence-corrected chi connectivity index (χ0v) is 16.2. The SMILES string of the molecule is Cc1cccc(CCC2CCN(C(=O)O)CC2)c1.NC(=O)c1ccc(O)cc1. The molecule has 0 spiro atoms.